The first-order valence-corrected chi connectivity index (χ1v) is 7.06. The fourth-order valence-electron chi connectivity index (χ4n) is 1.71. The Balaban J connectivity index is 2.12. The summed E-state index contributed by atoms with van der Waals surface area (Å²) in [5.41, 5.74) is 0. The van der Waals surface area contributed by atoms with E-state index in [0.717, 1.165) is 32.7 Å². The predicted octanol–water partition coefficient (Wildman–Crippen LogP) is 2.79. The summed E-state index contributed by atoms with van der Waals surface area (Å²) in [5, 5.41) is 3.40. The number of halogens is 2. The largest absolute Gasteiger partial charge is 0.492 e. The van der Waals surface area contributed by atoms with Gasteiger partial charge in [0, 0.05) is 25.7 Å². The Hall–Kier alpha value is -0.840. The van der Waals surface area contributed by atoms with Crippen molar-refractivity contribution in [3.05, 3.63) is 29.0 Å². The molecule has 0 aliphatic rings. The van der Waals surface area contributed by atoms with Gasteiger partial charge < -0.3 is 15.0 Å². The van der Waals surface area contributed by atoms with Gasteiger partial charge in [-0.2, -0.15) is 0 Å². The van der Waals surface area contributed by atoms with Crippen molar-refractivity contribution in [3.8, 4) is 5.75 Å². The average Bonchev–Trinajstić information content (AvgIpc) is 2.42. The Bertz CT molecular complexity index is 372. The van der Waals surface area contributed by atoms with Crippen LogP contribution in [0.2, 0.25) is 5.02 Å². The molecule has 0 aliphatic heterocycles. The highest BCUT2D eigenvalue weighted by atomic mass is 35.5. The van der Waals surface area contributed by atoms with E-state index in [1.807, 2.05) is 0 Å². The van der Waals surface area contributed by atoms with Gasteiger partial charge >= 0.3 is 0 Å². The smallest absolute Gasteiger partial charge is 0.142 e. The summed E-state index contributed by atoms with van der Waals surface area (Å²) in [5.74, 6) is 0.170. The second kappa shape index (κ2) is 9.13. The number of nitrogens with one attached hydrogen (secondary N) is 1. The van der Waals surface area contributed by atoms with Gasteiger partial charge in [-0.25, -0.2) is 4.39 Å². The van der Waals surface area contributed by atoms with Gasteiger partial charge in [-0.05, 0) is 25.2 Å². The molecule has 1 aromatic rings. The van der Waals surface area contributed by atoms with E-state index in [9.17, 15) is 4.39 Å². The number of hydrogen-bond acceptors (Lipinski definition) is 3. The van der Waals surface area contributed by atoms with Crippen molar-refractivity contribution in [1.82, 2.24) is 10.2 Å². The molecule has 0 amide bonds. The van der Waals surface area contributed by atoms with Gasteiger partial charge in [-0.3, -0.25) is 0 Å². The minimum absolute atomic E-state index is 0.0898. The molecular weight excluding hydrogens is 267 g/mol. The maximum atomic E-state index is 12.9. The maximum absolute atomic E-state index is 12.9. The van der Waals surface area contributed by atoms with Crippen LogP contribution in [-0.2, 0) is 0 Å². The normalized spacial score (nSPS) is 11.0. The van der Waals surface area contributed by atoms with E-state index in [-0.39, 0.29) is 5.02 Å². The molecule has 1 rings (SSSR count). The maximum Gasteiger partial charge on any atom is 0.142 e. The molecule has 1 aromatic carbocycles. The van der Waals surface area contributed by atoms with Crippen LogP contribution in [0.1, 0.15) is 13.8 Å². The highest BCUT2D eigenvalue weighted by molar-refractivity contribution is 6.30. The van der Waals surface area contributed by atoms with Gasteiger partial charge in [0.05, 0.1) is 5.02 Å². The van der Waals surface area contributed by atoms with Gasteiger partial charge in [-0.1, -0.05) is 25.4 Å². The van der Waals surface area contributed by atoms with Crippen molar-refractivity contribution in [2.45, 2.75) is 13.8 Å². The van der Waals surface area contributed by atoms with Crippen LogP contribution in [-0.4, -0.2) is 44.2 Å². The van der Waals surface area contributed by atoms with Gasteiger partial charge in [0.25, 0.3) is 0 Å². The Morgan fingerprint density at radius 1 is 1.26 bits per heavy atom. The van der Waals surface area contributed by atoms with Crippen molar-refractivity contribution < 1.29 is 9.13 Å². The lowest BCUT2D eigenvalue weighted by Gasteiger charge is -2.18. The fourth-order valence-corrected chi connectivity index (χ4v) is 1.88. The third-order valence-electron chi connectivity index (χ3n) is 2.94. The highest BCUT2D eigenvalue weighted by Gasteiger charge is 2.01. The second-order valence-corrected chi connectivity index (χ2v) is 4.61. The van der Waals surface area contributed by atoms with Crippen LogP contribution in [0.3, 0.4) is 0 Å². The van der Waals surface area contributed by atoms with E-state index in [4.69, 9.17) is 16.3 Å². The second-order valence-electron chi connectivity index (χ2n) is 4.20. The number of likely N-dealkylation sites (N-methyl/N-ethyl adjacent to an activating group) is 1. The Labute approximate surface area is 119 Å². The Kier molecular flexibility index (Phi) is 7.79. The van der Waals surface area contributed by atoms with E-state index in [1.54, 1.807) is 6.07 Å². The molecule has 0 spiro atoms. The summed E-state index contributed by atoms with van der Waals surface area (Å²) < 4.78 is 18.4. The Morgan fingerprint density at radius 2 is 2.00 bits per heavy atom. The summed E-state index contributed by atoms with van der Waals surface area (Å²) in [6.45, 7) is 9.74. The minimum Gasteiger partial charge on any atom is -0.492 e. The molecule has 0 saturated heterocycles. The van der Waals surface area contributed by atoms with E-state index in [2.05, 4.69) is 24.1 Å². The first-order chi connectivity index (χ1) is 9.17. The first kappa shape index (κ1) is 16.2. The molecule has 108 valence electrons. The minimum atomic E-state index is -0.425. The molecule has 0 atom stereocenters. The third kappa shape index (κ3) is 6.23. The topological polar surface area (TPSA) is 24.5 Å². The van der Waals surface area contributed by atoms with E-state index in [1.165, 1.54) is 12.1 Å². The first-order valence-electron chi connectivity index (χ1n) is 6.68. The van der Waals surface area contributed by atoms with Crippen LogP contribution in [0.15, 0.2) is 18.2 Å². The van der Waals surface area contributed by atoms with Crippen molar-refractivity contribution in [1.29, 1.82) is 0 Å². The predicted molar refractivity (Wildman–Crippen MR) is 77.6 cm³/mol. The number of ether oxygens (including phenoxy) is 1. The summed E-state index contributed by atoms with van der Waals surface area (Å²) in [6.07, 6.45) is 0. The van der Waals surface area contributed by atoms with Crippen LogP contribution in [0.5, 0.6) is 5.75 Å². The van der Waals surface area contributed by atoms with Crippen molar-refractivity contribution in [2.24, 2.45) is 0 Å². The molecule has 0 unspecified atom stereocenters. The standard InChI is InChI=1S/C14H22ClFN2O/c1-3-18(4-2)9-7-17-8-10-19-12-5-6-14(16)13(15)11-12/h5-6,11,17H,3-4,7-10H2,1-2H3. The zero-order valence-electron chi connectivity index (χ0n) is 11.6. The SMILES string of the molecule is CCN(CC)CCNCCOc1ccc(F)c(Cl)c1. The molecule has 0 heterocycles. The average molecular weight is 289 g/mol. The lowest BCUT2D eigenvalue weighted by Crippen LogP contribution is -2.33. The van der Waals surface area contributed by atoms with E-state index >= 15 is 0 Å². The fraction of sp³-hybridized carbons (Fsp3) is 0.571. The Morgan fingerprint density at radius 3 is 2.63 bits per heavy atom. The van der Waals surface area contributed by atoms with E-state index < -0.39 is 5.82 Å². The highest BCUT2D eigenvalue weighted by Crippen LogP contribution is 2.20. The number of nitrogens with zero attached hydrogens (tertiary/aromatic N) is 1. The third-order valence-corrected chi connectivity index (χ3v) is 3.23. The van der Waals surface area contributed by atoms with Crippen molar-refractivity contribution in [2.75, 3.05) is 39.3 Å². The molecular formula is C14H22ClFN2O. The molecule has 0 aliphatic carbocycles. The summed E-state index contributed by atoms with van der Waals surface area (Å²) in [7, 11) is 0. The molecule has 0 aromatic heterocycles. The van der Waals surface area contributed by atoms with Crippen LogP contribution in [0.4, 0.5) is 4.39 Å². The zero-order valence-corrected chi connectivity index (χ0v) is 12.3. The van der Waals surface area contributed by atoms with Gasteiger partial charge in [0.2, 0.25) is 0 Å². The number of rotatable bonds is 9. The lowest BCUT2D eigenvalue weighted by molar-refractivity contribution is 0.285. The number of benzene rings is 1. The van der Waals surface area contributed by atoms with Crippen LogP contribution in [0, 0.1) is 5.82 Å². The summed E-state index contributed by atoms with van der Waals surface area (Å²) in [4.78, 5) is 2.35. The van der Waals surface area contributed by atoms with Crippen molar-refractivity contribution in [3.63, 3.8) is 0 Å². The van der Waals surface area contributed by atoms with Crippen LogP contribution < -0.4 is 10.1 Å². The van der Waals surface area contributed by atoms with Gasteiger partial charge in [-0.15, -0.1) is 0 Å². The quantitative estimate of drug-likeness (QED) is 0.707. The molecule has 0 radical (unpaired) electrons. The van der Waals surface area contributed by atoms with Crippen LogP contribution >= 0.6 is 11.6 Å². The summed E-state index contributed by atoms with van der Waals surface area (Å²) >= 11 is 5.67. The number of hydrogen-bond donors (Lipinski definition) is 1. The molecule has 1 N–H and O–H groups in total. The molecule has 5 heteroatoms. The molecule has 0 fully saturated rings. The van der Waals surface area contributed by atoms with E-state index in [0.29, 0.717) is 12.4 Å². The zero-order chi connectivity index (χ0) is 14.1. The molecule has 19 heavy (non-hydrogen) atoms. The van der Waals surface area contributed by atoms with Gasteiger partial charge in [0.15, 0.2) is 0 Å². The monoisotopic (exact) mass is 288 g/mol. The molecule has 3 nitrogen and oxygen atoms in total. The molecule has 0 bridgehead atoms. The molecule has 0 saturated carbocycles. The van der Waals surface area contributed by atoms with Crippen molar-refractivity contribution >= 4 is 11.6 Å². The summed E-state index contributed by atoms with van der Waals surface area (Å²) in [6, 6.07) is 4.38. The lowest BCUT2D eigenvalue weighted by atomic mass is 10.3. The van der Waals surface area contributed by atoms with Gasteiger partial charge in [0.1, 0.15) is 18.2 Å². The van der Waals surface area contributed by atoms with Crippen LogP contribution in [0.25, 0.3) is 0 Å².